The third-order valence-corrected chi connectivity index (χ3v) is 5.88. The molecule has 1 saturated heterocycles. The first-order chi connectivity index (χ1) is 15.2. The van der Waals surface area contributed by atoms with Crippen LogP contribution >= 0.6 is 0 Å². The molecule has 6 nitrogen and oxygen atoms in total. The minimum absolute atomic E-state index is 0.152. The lowest BCUT2D eigenvalue weighted by Gasteiger charge is -2.41. The molecule has 1 aliphatic rings. The van der Waals surface area contributed by atoms with Crippen molar-refractivity contribution < 1.29 is 14.2 Å². The molecule has 1 aromatic heterocycles. The Morgan fingerprint density at radius 1 is 1.06 bits per heavy atom. The molecule has 0 bridgehead atoms. The van der Waals surface area contributed by atoms with Crippen molar-refractivity contribution in [3.63, 3.8) is 0 Å². The number of methoxy groups -OCH3 is 1. The van der Waals surface area contributed by atoms with E-state index in [0.29, 0.717) is 6.42 Å². The van der Waals surface area contributed by atoms with E-state index in [0.717, 1.165) is 55.5 Å². The first-order valence-corrected chi connectivity index (χ1v) is 10.6. The zero-order valence-corrected chi connectivity index (χ0v) is 17.8. The van der Waals surface area contributed by atoms with Gasteiger partial charge in [0.1, 0.15) is 17.4 Å². The molecule has 2 aromatic carbocycles. The summed E-state index contributed by atoms with van der Waals surface area (Å²) in [4.78, 5) is 9.36. The molecule has 1 N–H and O–H groups in total. The molecule has 0 aliphatic carbocycles. The molecule has 0 saturated carbocycles. The summed E-state index contributed by atoms with van der Waals surface area (Å²) in [5.41, 5.74) is 2.14. The van der Waals surface area contributed by atoms with Gasteiger partial charge in [-0.15, -0.1) is 0 Å². The van der Waals surface area contributed by atoms with Crippen LogP contribution in [0, 0.1) is 5.82 Å². The van der Waals surface area contributed by atoms with Crippen molar-refractivity contribution in [1.82, 2.24) is 19.4 Å². The number of hydrogen-bond donors (Lipinski definition) is 1. The molecular formula is C24H29FN4O2. The van der Waals surface area contributed by atoms with E-state index in [4.69, 9.17) is 4.74 Å². The second-order valence-electron chi connectivity index (χ2n) is 7.91. The lowest BCUT2D eigenvalue weighted by atomic mass is 10.1. The molecule has 3 aromatic rings. The number of nitrogens with zero attached hydrogens (tertiary/aromatic N) is 4. The maximum absolute atomic E-state index is 13.2. The Balaban J connectivity index is 1.42. The molecule has 0 amide bonds. The van der Waals surface area contributed by atoms with Crippen LogP contribution in [0.25, 0.3) is 5.69 Å². The fourth-order valence-electron chi connectivity index (χ4n) is 4.19. The van der Waals surface area contributed by atoms with Gasteiger partial charge in [0.05, 0.1) is 13.7 Å². The number of ether oxygens (including phenoxy) is 1. The zero-order valence-electron chi connectivity index (χ0n) is 17.8. The van der Waals surface area contributed by atoms with Gasteiger partial charge >= 0.3 is 0 Å². The highest BCUT2D eigenvalue weighted by atomic mass is 19.1. The van der Waals surface area contributed by atoms with E-state index < -0.39 is 0 Å². The van der Waals surface area contributed by atoms with E-state index in [1.165, 1.54) is 12.1 Å². The van der Waals surface area contributed by atoms with E-state index in [-0.39, 0.29) is 18.5 Å². The highest BCUT2D eigenvalue weighted by molar-refractivity contribution is 5.38. The summed E-state index contributed by atoms with van der Waals surface area (Å²) >= 11 is 0. The molecule has 164 valence electrons. The third kappa shape index (κ3) is 5.31. The summed E-state index contributed by atoms with van der Waals surface area (Å²) in [5.74, 6) is 1.60. The third-order valence-electron chi connectivity index (χ3n) is 5.88. The number of benzene rings is 2. The predicted octanol–water partition coefficient (Wildman–Crippen LogP) is 3.09. The number of imidazole rings is 1. The molecule has 1 atom stereocenters. The zero-order chi connectivity index (χ0) is 21.6. The predicted molar refractivity (Wildman–Crippen MR) is 118 cm³/mol. The summed E-state index contributed by atoms with van der Waals surface area (Å²) in [6.45, 7) is 4.32. The smallest absolute Gasteiger partial charge is 0.127 e. The van der Waals surface area contributed by atoms with Gasteiger partial charge in [-0.1, -0.05) is 12.1 Å². The minimum Gasteiger partial charge on any atom is -0.497 e. The van der Waals surface area contributed by atoms with Crippen LogP contribution in [-0.2, 0) is 13.1 Å². The van der Waals surface area contributed by atoms with Crippen LogP contribution in [0.15, 0.2) is 60.9 Å². The second kappa shape index (κ2) is 10.0. The lowest BCUT2D eigenvalue weighted by Crippen LogP contribution is -2.52. The van der Waals surface area contributed by atoms with Gasteiger partial charge in [-0.2, -0.15) is 0 Å². The van der Waals surface area contributed by atoms with Crippen LogP contribution in [0.3, 0.4) is 0 Å². The first-order valence-electron chi connectivity index (χ1n) is 10.6. The molecule has 2 heterocycles. The minimum atomic E-state index is -0.215. The summed E-state index contributed by atoms with van der Waals surface area (Å²) in [5, 5.41) is 9.60. The van der Waals surface area contributed by atoms with Crippen LogP contribution in [0.4, 0.5) is 4.39 Å². The normalized spacial score (nSPS) is 17.7. The summed E-state index contributed by atoms with van der Waals surface area (Å²) in [6, 6.07) is 14.9. The van der Waals surface area contributed by atoms with Gasteiger partial charge in [-0.25, -0.2) is 9.37 Å². The van der Waals surface area contributed by atoms with Crippen molar-refractivity contribution >= 4 is 0 Å². The van der Waals surface area contributed by atoms with E-state index in [9.17, 15) is 9.50 Å². The molecule has 1 fully saturated rings. The Kier molecular flexibility index (Phi) is 6.96. The van der Waals surface area contributed by atoms with Crippen molar-refractivity contribution in [2.45, 2.75) is 25.6 Å². The standard InChI is InChI=1S/C24H29FN4O2/c1-31-23-8-6-21(7-9-23)29-12-11-26-24(29)18-27-13-14-28(22(17-27)10-15-30)16-19-2-4-20(25)5-3-19/h2-9,11-12,22,30H,10,13-18H2,1H3/t22-/m0/s1. The number of piperazine rings is 1. The highest BCUT2D eigenvalue weighted by Crippen LogP contribution is 2.20. The number of aliphatic hydroxyl groups is 1. The largest absolute Gasteiger partial charge is 0.497 e. The molecule has 7 heteroatoms. The van der Waals surface area contributed by atoms with Crippen LogP contribution in [0.2, 0.25) is 0 Å². The average Bonchev–Trinajstić information content (AvgIpc) is 3.25. The Morgan fingerprint density at radius 2 is 1.84 bits per heavy atom. The van der Waals surface area contributed by atoms with Gasteiger partial charge in [-0.3, -0.25) is 9.80 Å². The summed E-state index contributed by atoms with van der Waals surface area (Å²) < 4.78 is 20.6. The van der Waals surface area contributed by atoms with Crippen LogP contribution in [0.1, 0.15) is 17.8 Å². The van der Waals surface area contributed by atoms with E-state index in [2.05, 4.69) is 19.4 Å². The maximum atomic E-state index is 13.2. The Labute approximate surface area is 182 Å². The Morgan fingerprint density at radius 3 is 2.55 bits per heavy atom. The highest BCUT2D eigenvalue weighted by Gasteiger charge is 2.27. The molecule has 0 unspecified atom stereocenters. The van der Waals surface area contributed by atoms with Crippen molar-refractivity contribution in [3.8, 4) is 11.4 Å². The number of halogens is 1. The second-order valence-corrected chi connectivity index (χ2v) is 7.91. The maximum Gasteiger partial charge on any atom is 0.127 e. The van der Waals surface area contributed by atoms with Gasteiger partial charge in [0, 0.05) is 56.9 Å². The molecule has 1 aliphatic heterocycles. The molecule has 4 rings (SSSR count). The fraction of sp³-hybridized carbons (Fsp3) is 0.375. The number of aromatic nitrogens is 2. The number of rotatable bonds is 8. The van der Waals surface area contributed by atoms with E-state index >= 15 is 0 Å². The van der Waals surface area contributed by atoms with Gasteiger partial charge in [-0.05, 0) is 48.4 Å². The van der Waals surface area contributed by atoms with E-state index in [1.54, 1.807) is 7.11 Å². The van der Waals surface area contributed by atoms with E-state index in [1.807, 2.05) is 48.8 Å². The van der Waals surface area contributed by atoms with Crippen molar-refractivity contribution in [1.29, 1.82) is 0 Å². The van der Waals surface area contributed by atoms with Gasteiger partial charge in [0.25, 0.3) is 0 Å². The van der Waals surface area contributed by atoms with Crippen molar-refractivity contribution in [2.24, 2.45) is 0 Å². The Bertz CT molecular complexity index is 958. The van der Waals surface area contributed by atoms with Crippen LogP contribution < -0.4 is 4.74 Å². The molecule has 0 radical (unpaired) electrons. The number of hydrogen-bond acceptors (Lipinski definition) is 5. The SMILES string of the molecule is COc1ccc(-n2ccnc2CN2CCN(Cc3ccc(F)cc3)[C@@H](CCO)C2)cc1. The molecule has 31 heavy (non-hydrogen) atoms. The monoisotopic (exact) mass is 424 g/mol. The molecular weight excluding hydrogens is 395 g/mol. The van der Waals surface area contributed by atoms with Crippen molar-refractivity contribution in [2.75, 3.05) is 33.4 Å². The lowest BCUT2D eigenvalue weighted by molar-refractivity contribution is 0.0485. The van der Waals surface area contributed by atoms with Crippen molar-refractivity contribution in [3.05, 3.63) is 78.1 Å². The van der Waals surface area contributed by atoms with Gasteiger partial charge in [0.15, 0.2) is 0 Å². The van der Waals surface area contributed by atoms with Crippen LogP contribution in [-0.4, -0.2) is 63.9 Å². The summed E-state index contributed by atoms with van der Waals surface area (Å²) in [6.07, 6.45) is 4.52. The molecule has 0 spiro atoms. The first kappa shape index (κ1) is 21.5. The topological polar surface area (TPSA) is 53.8 Å². The average molecular weight is 425 g/mol. The number of aliphatic hydroxyl groups excluding tert-OH is 1. The quantitative estimate of drug-likeness (QED) is 0.602. The van der Waals surface area contributed by atoms with Crippen LogP contribution in [0.5, 0.6) is 5.75 Å². The van der Waals surface area contributed by atoms with Gasteiger partial charge in [0.2, 0.25) is 0 Å². The Hall–Kier alpha value is -2.74. The fourth-order valence-corrected chi connectivity index (χ4v) is 4.19. The summed E-state index contributed by atoms with van der Waals surface area (Å²) in [7, 11) is 1.66. The van der Waals surface area contributed by atoms with Gasteiger partial charge < -0.3 is 14.4 Å².